The smallest absolute Gasteiger partial charge is 0.263 e. The van der Waals surface area contributed by atoms with E-state index in [0.29, 0.717) is 16.8 Å². The van der Waals surface area contributed by atoms with Crippen molar-refractivity contribution in [2.24, 2.45) is 0 Å². The molecule has 1 atom stereocenters. The maximum atomic E-state index is 14.0. The van der Waals surface area contributed by atoms with Crippen LogP contribution in [0.2, 0.25) is 0 Å². The maximum Gasteiger partial charge on any atom is 0.263 e. The van der Waals surface area contributed by atoms with Gasteiger partial charge in [-0.2, -0.15) is 0 Å². The Kier molecular flexibility index (Phi) is 4.17. The van der Waals surface area contributed by atoms with Crippen molar-refractivity contribution in [1.82, 2.24) is 9.88 Å². The van der Waals surface area contributed by atoms with Gasteiger partial charge >= 0.3 is 0 Å². The summed E-state index contributed by atoms with van der Waals surface area (Å²) < 4.78 is 16.0. The van der Waals surface area contributed by atoms with Crippen LogP contribution < -0.4 is 0 Å². The summed E-state index contributed by atoms with van der Waals surface area (Å²) in [6, 6.07) is 14.8. The summed E-state index contributed by atoms with van der Waals surface area (Å²) in [5.41, 5.74) is 1.03. The average molecular weight is 397 g/mol. The Bertz CT molecular complexity index is 1120. The third kappa shape index (κ3) is 3.03. The number of hydrogen-bond donors (Lipinski definition) is 0. The predicted molar refractivity (Wildman–Crippen MR) is 109 cm³/mol. The first-order valence-corrected chi connectivity index (χ1v) is 10.6. The lowest BCUT2D eigenvalue weighted by Gasteiger charge is -2.31. The van der Waals surface area contributed by atoms with Gasteiger partial charge in [-0.1, -0.05) is 18.2 Å². The Morgan fingerprint density at radius 2 is 1.96 bits per heavy atom. The van der Waals surface area contributed by atoms with E-state index in [-0.39, 0.29) is 17.6 Å². The summed E-state index contributed by atoms with van der Waals surface area (Å²) >= 11 is 3.09. The van der Waals surface area contributed by atoms with E-state index in [1.54, 1.807) is 23.5 Å². The number of thiazole rings is 1. The molecule has 1 aliphatic heterocycles. The number of nitrogens with zero attached hydrogens (tertiary/aromatic N) is 2. The number of thiophene rings is 1. The summed E-state index contributed by atoms with van der Waals surface area (Å²) in [7, 11) is 0. The van der Waals surface area contributed by atoms with Crippen LogP contribution in [0.5, 0.6) is 0 Å². The molecule has 0 radical (unpaired) electrons. The zero-order chi connectivity index (χ0) is 18.4. The number of benzene rings is 2. The number of para-hydroxylation sites is 1. The van der Waals surface area contributed by atoms with Gasteiger partial charge in [-0.3, -0.25) is 4.79 Å². The van der Waals surface area contributed by atoms with E-state index in [1.165, 1.54) is 22.1 Å². The number of carbonyl (C=O) groups is 1. The van der Waals surface area contributed by atoms with E-state index < -0.39 is 0 Å². The van der Waals surface area contributed by atoms with Crippen LogP contribution in [0.25, 0.3) is 20.3 Å². The molecule has 4 aromatic rings. The highest BCUT2D eigenvalue weighted by Crippen LogP contribution is 2.34. The molecule has 6 heteroatoms. The van der Waals surface area contributed by atoms with Gasteiger partial charge in [0.2, 0.25) is 0 Å². The minimum absolute atomic E-state index is 0.00131. The van der Waals surface area contributed by atoms with Gasteiger partial charge in [-0.25, -0.2) is 9.37 Å². The van der Waals surface area contributed by atoms with Crippen LogP contribution in [-0.4, -0.2) is 28.9 Å². The molecule has 0 aliphatic carbocycles. The van der Waals surface area contributed by atoms with Crippen molar-refractivity contribution in [1.29, 1.82) is 0 Å². The van der Waals surface area contributed by atoms with E-state index in [1.807, 2.05) is 29.2 Å². The Labute approximate surface area is 164 Å². The lowest BCUT2D eigenvalue weighted by Crippen LogP contribution is -2.38. The highest BCUT2D eigenvalue weighted by molar-refractivity contribution is 7.20. The Morgan fingerprint density at radius 3 is 2.81 bits per heavy atom. The molecular formula is C21H17FN2OS2. The number of piperidine rings is 1. The average Bonchev–Trinajstić information content (AvgIpc) is 3.32. The Balaban J connectivity index is 1.41. The molecule has 0 spiro atoms. The number of likely N-dealkylation sites (tertiary alicyclic amines) is 1. The molecule has 0 bridgehead atoms. The second-order valence-corrected chi connectivity index (χ2v) is 9.02. The van der Waals surface area contributed by atoms with E-state index in [0.717, 1.165) is 34.6 Å². The SMILES string of the molecule is O=C(c1cc2c(F)cccc2s1)N1CCCC(c2nc3ccccc3s2)C1. The van der Waals surface area contributed by atoms with Crippen LogP contribution in [-0.2, 0) is 0 Å². The Morgan fingerprint density at radius 1 is 1.11 bits per heavy atom. The van der Waals surface area contributed by atoms with Crippen LogP contribution in [0.4, 0.5) is 4.39 Å². The second-order valence-electron chi connectivity index (χ2n) is 6.87. The van der Waals surface area contributed by atoms with Crippen molar-refractivity contribution >= 4 is 48.9 Å². The van der Waals surface area contributed by atoms with Gasteiger partial charge in [-0.05, 0) is 43.2 Å². The highest BCUT2D eigenvalue weighted by Gasteiger charge is 2.28. The normalized spacial score (nSPS) is 17.7. The van der Waals surface area contributed by atoms with Crippen LogP contribution in [0, 0.1) is 5.82 Å². The minimum atomic E-state index is -0.270. The summed E-state index contributed by atoms with van der Waals surface area (Å²) in [5, 5.41) is 1.64. The van der Waals surface area contributed by atoms with Gasteiger partial charge < -0.3 is 4.90 Å². The topological polar surface area (TPSA) is 33.2 Å². The third-order valence-corrected chi connectivity index (χ3v) is 7.37. The van der Waals surface area contributed by atoms with Gasteiger partial charge in [0.05, 0.1) is 20.1 Å². The van der Waals surface area contributed by atoms with Crippen molar-refractivity contribution in [2.75, 3.05) is 13.1 Å². The largest absolute Gasteiger partial charge is 0.337 e. The summed E-state index contributed by atoms with van der Waals surface area (Å²) in [6.45, 7) is 1.42. The minimum Gasteiger partial charge on any atom is -0.337 e. The molecule has 136 valence electrons. The number of aromatic nitrogens is 1. The van der Waals surface area contributed by atoms with Gasteiger partial charge in [0.15, 0.2) is 0 Å². The molecule has 1 aliphatic rings. The van der Waals surface area contributed by atoms with Crippen molar-refractivity contribution in [3.8, 4) is 0 Å². The quantitative estimate of drug-likeness (QED) is 0.437. The lowest BCUT2D eigenvalue weighted by molar-refractivity contribution is 0.0712. The number of halogens is 1. The fourth-order valence-corrected chi connectivity index (χ4v) is 5.85. The number of carbonyl (C=O) groups excluding carboxylic acids is 1. The van der Waals surface area contributed by atoms with E-state index in [4.69, 9.17) is 4.98 Å². The molecule has 2 aromatic carbocycles. The highest BCUT2D eigenvalue weighted by atomic mass is 32.1. The first kappa shape index (κ1) is 16.8. The van der Waals surface area contributed by atoms with E-state index >= 15 is 0 Å². The molecule has 1 unspecified atom stereocenters. The number of rotatable bonds is 2. The molecule has 1 fully saturated rings. The molecule has 3 nitrogen and oxygen atoms in total. The molecular weight excluding hydrogens is 379 g/mol. The van der Waals surface area contributed by atoms with E-state index in [9.17, 15) is 9.18 Å². The maximum absolute atomic E-state index is 14.0. The van der Waals surface area contributed by atoms with Crippen molar-refractivity contribution in [3.63, 3.8) is 0 Å². The fourth-order valence-electron chi connectivity index (χ4n) is 3.71. The molecule has 0 saturated carbocycles. The summed E-state index contributed by atoms with van der Waals surface area (Å²) in [6.07, 6.45) is 2.01. The van der Waals surface area contributed by atoms with Gasteiger partial charge in [-0.15, -0.1) is 22.7 Å². The van der Waals surface area contributed by atoms with Crippen molar-refractivity contribution < 1.29 is 9.18 Å². The molecule has 5 rings (SSSR count). The van der Waals surface area contributed by atoms with Crippen LogP contribution in [0.15, 0.2) is 48.5 Å². The molecule has 1 saturated heterocycles. The van der Waals surface area contributed by atoms with Gasteiger partial charge in [0.1, 0.15) is 5.82 Å². The van der Waals surface area contributed by atoms with Gasteiger partial charge in [0, 0.05) is 29.1 Å². The Hall–Kier alpha value is -2.31. The lowest BCUT2D eigenvalue weighted by atomic mass is 9.98. The van der Waals surface area contributed by atoms with Crippen LogP contribution >= 0.6 is 22.7 Å². The number of hydrogen-bond acceptors (Lipinski definition) is 4. The zero-order valence-corrected chi connectivity index (χ0v) is 16.2. The summed E-state index contributed by atoms with van der Waals surface area (Å²) in [5.74, 6) is 0.00132. The van der Waals surface area contributed by atoms with Crippen LogP contribution in [0.1, 0.15) is 33.4 Å². The number of amides is 1. The third-order valence-electron chi connectivity index (χ3n) is 5.09. The van der Waals surface area contributed by atoms with Crippen molar-refractivity contribution in [3.05, 3.63) is 64.2 Å². The zero-order valence-electron chi connectivity index (χ0n) is 14.5. The molecule has 2 aromatic heterocycles. The first-order chi connectivity index (χ1) is 13.2. The molecule has 3 heterocycles. The standard InChI is InChI=1S/C21H17FN2OS2/c22-15-6-3-9-17-14(15)11-19(26-17)21(25)24-10-4-5-13(12-24)20-23-16-7-1-2-8-18(16)27-20/h1-3,6-9,11,13H,4-5,10,12H2. The second kappa shape index (κ2) is 6.69. The molecule has 1 amide bonds. The summed E-state index contributed by atoms with van der Waals surface area (Å²) in [4.78, 5) is 20.3. The van der Waals surface area contributed by atoms with Crippen LogP contribution in [0.3, 0.4) is 0 Å². The number of fused-ring (bicyclic) bond motifs is 2. The molecule has 27 heavy (non-hydrogen) atoms. The fraction of sp³-hybridized carbons (Fsp3) is 0.238. The van der Waals surface area contributed by atoms with Gasteiger partial charge in [0.25, 0.3) is 5.91 Å². The van der Waals surface area contributed by atoms with E-state index in [2.05, 4.69) is 6.07 Å². The first-order valence-electron chi connectivity index (χ1n) is 9.02. The predicted octanol–water partition coefficient (Wildman–Crippen LogP) is 5.67. The molecule has 0 N–H and O–H groups in total. The monoisotopic (exact) mass is 396 g/mol. The van der Waals surface area contributed by atoms with Crippen molar-refractivity contribution in [2.45, 2.75) is 18.8 Å².